The largest absolute Gasteiger partial charge is 0.462 e. The lowest BCUT2D eigenvalue weighted by atomic mass is 9.79. The first-order chi connectivity index (χ1) is 14.8. The van der Waals surface area contributed by atoms with Gasteiger partial charge in [-0.25, -0.2) is 0 Å². The number of hydrogen-bond donors (Lipinski definition) is 0. The Bertz CT molecular complexity index is 730. The van der Waals surface area contributed by atoms with E-state index in [-0.39, 0.29) is 18.0 Å². The van der Waals surface area contributed by atoms with Crippen LogP contribution in [0, 0.1) is 11.8 Å². The molecule has 3 fully saturated rings. The summed E-state index contributed by atoms with van der Waals surface area (Å²) in [7, 11) is 0. The second-order valence-electron chi connectivity index (χ2n) is 8.81. The summed E-state index contributed by atoms with van der Waals surface area (Å²) in [6.45, 7) is 3.18. The standard InChI is InChI=1S/C25H33N3O2/c29-25(24-19-28-15-11-22(24)12-16-28)30-23(9-1-5-20-7-3-13-26-17-20)10-2-6-21-8-4-14-27-18-21/h3-4,7-8,13-14,17-18,22-24H,1-2,5-6,9-12,15-16,19H2. The van der Waals surface area contributed by atoms with Gasteiger partial charge in [-0.2, -0.15) is 0 Å². The highest BCUT2D eigenvalue weighted by atomic mass is 16.5. The van der Waals surface area contributed by atoms with Crippen molar-refractivity contribution in [1.29, 1.82) is 0 Å². The number of aryl methyl sites for hydroxylation is 2. The van der Waals surface area contributed by atoms with Crippen LogP contribution in [-0.4, -0.2) is 46.6 Å². The average Bonchev–Trinajstić information content (AvgIpc) is 2.81. The fraction of sp³-hybridized carbons (Fsp3) is 0.560. The van der Waals surface area contributed by atoms with E-state index in [0.717, 1.165) is 71.0 Å². The Hall–Kier alpha value is -2.27. The third kappa shape index (κ3) is 5.88. The molecular formula is C25H33N3O2. The van der Waals surface area contributed by atoms with Crippen molar-refractivity contribution in [2.45, 2.75) is 57.5 Å². The van der Waals surface area contributed by atoms with Crippen LogP contribution in [0.3, 0.4) is 0 Å². The number of aromatic nitrogens is 2. The summed E-state index contributed by atoms with van der Waals surface area (Å²) in [6, 6.07) is 8.19. The number of nitrogens with zero attached hydrogens (tertiary/aromatic N) is 3. The SMILES string of the molecule is O=C(OC(CCCc1cccnc1)CCCc1cccnc1)C1CN2CCC1CC2. The molecule has 3 saturated heterocycles. The number of esters is 1. The van der Waals surface area contributed by atoms with Crippen LogP contribution >= 0.6 is 0 Å². The predicted octanol–water partition coefficient (Wildman–Crippen LogP) is 4.08. The summed E-state index contributed by atoms with van der Waals surface area (Å²) >= 11 is 0. The van der Waals surface area contributed by atoms with Crippen LogP contribution in [0.15, 0.2) is 49.1 Å². The summed E-state index contributed by atoms with van der Waals surface area (Å²) in [5.74, 6) is 0.637. The van der Waals surface area contributed by atoms with Crippen molar-refractivity contribution in [3.63, 3.8) is 0 Å². The molecule has 2 bridgehead atoms. The topological polar surface area (TPSA) is 55.3 Å². The minimum absolute atomic E-state index is 0.00120. The Morgan fingerprint density at radius 2 is 1.60 bits per heavy atom. The molecule has 0 aromatic carbocycles. The van der Waals surface area contributed by atoms with Crippen molar-refractivity contribution >= 4 is 5.97 Å². The predicted molar refractivity (Wildman–Crippen MR) is 117 cm³/mol. The molecule has 0 aliphatic carbocycles. The number of rotatable bonds is 10. The maximum absolute atomic E-state index is 13.0. The molecule has 5 nitrogen and oxygen atoms in total. The Labute approximate surface area is 179 Å². The van der Waals surface area contributed by atoms with Gasteiger partial charge in [-0.05, 0) is 93.6 Å². The Morgan fingerprint density at radius 1 is 1.00 bits per heavy atom. The molecule has 0 saturated carbocycles. The van der Waals surface area contributed by atoms with Gasteiger partial charge in [0.1, 0.15) is 6.10 Å². The third-order valence-electron chi connectivity index (χ3n) is 6.67. The van der Waals surface area contributed by atoms with Crippen molar-refractivity contribution in [1.82, 2.24) is 14.9 Å². The second-order valence-corrected chi connectivity index (χ2v) is 8.81. The molecule has 0 spiro atoms. The number of fused-ring (bicyclic) bond motifs is 3. The van der Waals surface area contributed by atoms with E-state index in [1.165, 1.54) is 11.1 Å². The van der Waals surface area contributed by atoms with Gasteiger partial charge in [0.25, 0.3) is 0 Å². The maximum Gasteiger partial charge on any atom is 0.310 e. The van der Waals surface area contributed by atoms with E-state index in [0.29, 0.717) is 5.92 Å². The molecular weight excluding hydrogens is 374 g/mol. The average molecular weight is 408 g/mol. The molecule has 1 atom stereocenters. The molecule has 0 N–H and O–H groups in total. The molecule has 0 amide bonds. The van der Waals surface area contributed by atoms with Crippen LogP contribution in [0.25, 0.3) is 0 Å². The Morgan fingerprint density at radius 3 is 2.07 bits per heavy atom. The number of carbonyl (C=O) groups excluding carboxylic acids is 1. The van der Waals surface area contributed by atoms with Gasteiger partial charge in [-0.1, -0.05) is 12.1 Å². The molecule has 2 aromatic heterocycles. The first-order valence-electron chi connectivity index (χ1n) is 11.5. The van der Waals surface area contributed by atoms with Crippen molar-refractivity contribution < 1.29 is 9.53 Å². The Balaban J connectivity index is 1.30. The zero-order valence-corrected chi connectivity index (χ0v) is 17.8. The third-order valence-corrected chi connectivity index (χ3v) is 6.67. The monoisotopic (exact) mass is 407 g/mol. The van der Waals surface area contributed by atoms with Crippen molar-refractivity contribution in [2.24, 2.45) is 11.8 Å². The minimum atomic E-state index is 0.00120. The number of hydrogen-bond acceptors (Lipinski definition) is 5. The first-order valence-corrected chi connectivity index (χ1v) is 11.5. The van der Waals surface area contributed by atoms with Crippen molar-refractivity contribution in [3.8, 4) is 0 Å². The molecule has 2 aromatic rings. The number of ether oxygens (including phenoxy) is 1. The van der Waals surface area contributed by atoms with Crippen molar-refractivity contribution in [3.05, 3.63) is 60.2 Å². The van der Waals surface area contributed by atoms with Crippen LogP contribution in [0.1, 0.15) is 49.7 Å². The zero-order chi connectivity index (χ0) is 20.6. The summed E-state index contributed by atoms with van der Waals surface area (Å²) < 4.78 is 6.12. The second kappa shape index (κ2) is 10.7. The highest BCUT2D eigenvalue weighted by molar-refractivity contribution is 5.73. The van der Waals surface area contributed by atoms with Gasteiger partial charge in [0.15, 0.2) is 0 Å². The highest BCUT2D eigenvalue weighted by Crippen LogP contribution is 2.33. The molecule has 160 valence electrons. The summed E-state index contributed by atoms with van der Waals surface area (Å²) in [5, 5.41) is 0. The van der Waals surface area contributed by atoms with Crippen LogP contribution in [0.4, 0.5) is 0 Å². The van der Waals surface area contributed by atoms with Crippen LogP contribution in [-0.2, 0) is 22.4 Å². The molecule has 5 heterocycles. The molecule has 5 rings (SSSR count). The lowest BCUT2D eigenvalue weighted by Crippen LogP contribution is -2.50. The van der Waals surface area contributed by atoms with Crippen LogP contribution < -0.4 is 0 Å². The van der Waals surface area contributed by atoms with Gasteiger partial charge < -0.3 is 9.64 Å². The maximum atomic E-state index is 13.0. The van der Waals surface area contributed by atoms with Gasteiger partial charge in [0.05, 0.1) is 5.92 Å². The van der Waals surface area contributed by atoms with Gasteiger partial charge in [-0.15, -0.1) is 0 Å². The van der Waals surface area contributed by atoms with E-state index in [1.807, 2.05) is 24.5 Å². The molecule has 30 heavy (non-hydrogen) atoms. The highest BCUT2D eigenvalue weighted by Gasteiger charge is 2.39. The quantitative estimate of drug-likeness (QED) is 0.556. The lowest BCUT2D eigenvalue weighted by Gasteiger charge is -2.43. The molecule has 3 aliphatic heterocycles. The van der Waals surface area contributed by atoms with E-state index in [1.54, 1.807) is 12.4 Å². The molecule has 3 aliphatic rings. The van der Waals surface area contributed by atoms with E-state index >= 15 is 0 Å². The fourth-order valence-corrected chi connectivity index (χ4v) is 4.91. The minimum Gasteiger partial charge on any atom is -0.462 e. The zero-order valence-electron chi connectivity index (χ0n) is 17.8. The van der Waals surface area contributed by atoms with E-state index < -0.39 is 0 Å². The lowest BCUT2D eigenvalue weighted by molar-refractivity contribution is -0.161. The van der Waals surface area contributed by atoms with Gasteiger partial charge in [0.2, 0.25) is 0 Å². The summed E-state index contributed by atoms with van der Waals surface area (Å²) in [6.07, 6.45) is 15.6. The number of pyridine rings is 2. The van der Waals surface area contributed by atoms with E-state index in [4.69, 9.17) is 4.74 Å². The Kier molecular flexibility index (Phi) is 7.46. The normalized spacial score (nSPS) is 22.9. The number of piperidine rings is 3. The van der Waals surface area contributed by atoms with E-state index in [2.05, 4.69) is 27.0 Å². The van der Waals surface area contributed by atoms with Gasteiger partial charge in [0, 0.05) is 31.3 Å². The first kappa shape index (κ1) is 21.0. The fourth-order valence-electron chi connectivity index (χ4n) is 4.91. The van der Waals surface area contributed by atoms with Crippen LogP contribution in [0.5, 0.6) is 0 Å². The molecule has 0 radical (unpaired) electrons. The summed E-state index contributed by atoms with van der Waals surface area (Å²) in [5.41, 5.74) is 2.49. The van der Waals surface area contributed by atoms with Gasteiger partial charge in [-0.3, -0.25) is 14.8 Å². The van der Waals surface area contributed by atoms with Crippen LogP contribution in [0.2, 0.25) is 0 Å². The smallest absolute Gasteiger partial charge is 0.310 e. The summed E-state index contributed by atoms with van der Waals surface area (Å²) in [4.78, 5) is 23.8. The van der Waals surface area contributed by atoms with Gasteiger partial charge >= 0.3 is 5.97 Å². The molecule has 5 heteroatoms. The van der Waals surface area contributed by atoms with Crippen molar-refractivity contribution in [2.75, 3.05) is 19.6 Å². The molecule has 1 unspecified atom stereocenters. The van der Waals surface area contributed by atoms with E-state index in [9.17, 15) is 4.79 Å². The number of carbonyl (C=O) groups is 1.